The number of para-hydroxylation sites is 2. The summed E-state index contributed by atoms with van der Waals surface area (Å²) in [7, 11) is 0. The van der Waals surface area contributed by atoms with Crippen molar-refractivity contribution in [3.8, 4) is 11.4 Å². The van der Waals surface area contributed by atoms with Gasteiger partial charge in [-0.1, -0.05) is 68.4 Å². The number of nitrogens with zero attached hydrogens (tertiary/aromatic N) is 5. The Bertz CT molecular complexity index is 1250. The van der Waals surface area contributed by atoms with Gasteiger partial charge in [-0.2, -0.15) is 4.98 Å². The highest BCUT2D eigenvalue weighted by Gasteiger charge is 2.36. The Hall–Kier alpha value is -3.48. The van der Waals surface area contributed by atoms with Gasteiger partial charge in [0.05, 0.1) is 17.1 Å². The Labute approximate surface area is 187 Å². The first-order valence-electron chi connectivity index (χ1n) is 11.0. The number of hydrogen-bond donors (Lipinski definition) is 0. The average molecular weight is 430 g/mol. The van der Waals surface area contributed by atoms with Gasteiger partial charge in [-0.15, -0.1) is 0 Å². The maximum atomic E-state index is 12.7. The molecule has 32 heavy (non-hydrogen) atoms. The van der Waals surface area contributed by atoms with Gasteiger partial charge in [-0.3, -0.25) is 4.79 Å². The predicted molar refractivity (Wildman–Crippen MR) is 122 cm³/mol. The van der Waals surface area contributed by atoms with Crippen LogP contribution in [-0.2, 0) is 16.6 Å². The van der Waals surface area contributed by atoms with Crippen molar-refractivity contribution in [3.63, 3.8) is 0 Å². The molecule has 2 aromatic heterocycles. The minimum Gasteiger partial charge on any atom is -0.339 e. The predicted octanol–water partition coefficient (Wildman–Crippen LogP) is 4.40. The minimum atomic E-state index is -0.0716. The first kappa shape index (κ1) is 20.4. The molecule has 164 valence electrons. The number of benzene rings is 2. The summed E-state index contributed by atoms with van der Waals surface area (Å²) in [5, 5.41) is 4.03. The quantitative estimate of drug-likeness (QED) is 0.470. The highest BCUT2D eigenvalue weighted by molar-refractivity contribution is 5.79. The van der Waals surface area contributed by atoms with E-state index in [2.05, 4.69) is 47.6 Å². The highest BCUT2D eigenvalue weighted by atomic mass is 16.5. The Morgan fingerprint density at radius 1 is 1.03 bits per heavy atom. The van der Waals surface area contributed by atoms with E-state index >= 15 is 0 Å². The van der Waals surface area contributed by atoms with Crippen LogP contribution < -0.4 is 0 Å². The smallest absolute Gasteiger partial charge is 0.227 e. The summed E-state index contributed by atoms with van der Waals surface area (Å²) in [6.45, 7) is 7.93. The molecule has 1 fully saturated rings. The normalized spacial score (nSPS) is 14.7. The van der Waals surface area contributed by atoms with Crippen LogP contribution in [0.5, 0.6) is 0 Å². The van der Waals surface area contributed by atoms with E-state index < -0.39 is 0 Å². The lowest BCUT2D eigenvalue weighted by Crippen LogP contribution is -2.51. The summed E-state index contributed by atoms with van der Waals surface area (Å²) in [5.74, 6) is 2.22. The molecule has 1 amide bonds. The number of amides is 1. The first-order chi connectivity index (χ1) is 15.4. The van der Waals surface area contributed by atoms with E-state index in [9.17, 15) is 4.79 Å². The fourth-order valence-corrected chi connectivity index (χ4v) is 4.20. The van der Waals surface area contributed by atoms with Crippen molar-refractivity contribution < 1.29 is 9.32 Å². The van der Waals surface area contributed by atoms with Gasteiger partial charge in [0, 0.05) is 36.9 Å². The number of aromatic nitrogens is 4. The molecule has 1 aliphatic rings. The molecule has 4 aromatic rings. The highest BCUT2D eigenvalue weighted by Crippen LogP contribution is 2.33. The number of carbonyl (C=O) groups is 1. The zero-order valence-electron chi connectivity index (χ0n) is 18.7. The van der Waals surface area contributed by atoms with Crippen LogP contribution in [0.3, 0.4) is 0 Å². The van der Waals surface area contributed by atoms with Crippen LogP contribution >= 0.6 is 0 Å². The third-order valence-electron chi connectivity index (χ3n) is 5.90. The molecule has 0 N–H and O–H groups in total. The van der Waals surface area contributed by atoms with Gasteiger partial charge >= 0.3 is 0 Å². The number of aryl methyl sites for hydroxylation is 1. The second-order valence-electron chi connectivity index (χ2n) is 9.37. The summed E-state index contributed by atoms with van der Waals surface area (Å²) in [5.41, 5.74) is 2.97. The molecule has 0 unspecified atom stereocenters. The summed E-state index contributed by atoms with van der Waals surface area (Å²) in [6.07, 6.45) is 0.807. The second kappa shape index (κ2) is 7.89. The first-order valence-corrected chi connectivity index (χ1v) is 11.0. The van der Waals surface area contributed by atoms with Crippen molar-refractivity contribution in [3.05, 3.63) is 66.3 Å². The molecule has 0 bridgehead atoms. The Morgan fingerprint density at radius 2 is 1.75 bits per heavy atom. The van der Waals surface area contributed by atoms with Crippen LogP contribution in [0, 0.1) is 0 Å². The zero-order valence-corrected chi connectivity index (χ0v) is 18.7. The number of imidazole rings is 1. The van der Waals surface area contributed by atoms with Crippen LogP contribution in [0.1, 0.15) is 44.9 Å². The van der Waals surface area contributed by atoms with E-state index in [1.54, 1.807) is 0 Å². The van der Waals surface area contributed by atoms with Crippen molar-refractivity contribution in [1.29, 1.82) is 0 Å². The van der Waals surface area contributed by atoms with Gasteiger partial charge in [-0.05, 0) is 12.1 Å². The lowest BCUT2D eigenvalue weighted by Gasteiger charge is -2.42. The average Bonchev–Trinajstić information content (AvgIpc) is 3.37. The van der Waals surface area contributed by atoms with Gasteiger partial charge in [-0.25, -0.2) is 4.98 Å². The van der Waals surface area contributed by atoms with E-state index in [1.165, 1.54) is 0 Å². The molecule has 7 nitrogen and oxygen atoms in total. The van der Waals surface area contributed by atoms with Gasteiger partial charge in [0.25, 0.3) is 0 Å². The molecule has 3 heterocycles. The molecule has 0 atom stereocenters. The minimum absolute atomic E-state index is 0.0716. The monoisotopic (exact) mass is 429 g/mol. The van der Waals surface area contributed by atoms with Crippen LogP contribution in [0.4, 0.5) is 0 Å². The van der Waals surface area contributed by atoms with Crippen LogP contribution in [-0.4, -0.2) is 43.6 Å². The zero-order chi connectivity index (χ0) is 22.3. The summed E-state index contributed by atoms with van der Waals surface area (Å²) < 4.78 is 7.66. The van der Waals surface area contributed by atoms with Gasteiger partial charge in [0.2, 0.25) is 17.6 Å². The third kappa shape index (κ3) is 3.79. The molecule has 0 aliphatic carbocycles. The number of rotatable bonds is 5. The molecular formula is C25H27N5O2. The molecule has 0 radical (unpaired) electrons. The van der Waals surface area contributed by atoms with Gasteiger partial charge < -0.3 is 14.0 Å². The number of likely N-dealkylation sites (tertiary alicyclic amines) is 1. The van der Waals surface area contributed by atoms with Crippen molar-refractivity contribution in [2.75, 3.05) is 13.1 Å². The second-order valence-corrected chi connectivity index (χ2v) is 9.37. The molecular weight excluding hydrogens is 402 g/mol. The largest absolute Gasteiger partial charge is 0.339 e. The molecule has 7 heteroatoms. The lowest BCUT2D eigenvalue weighted by atomic mass is 9.94. The van der Waals surface area contributed by atoms with Crippen LogP contribution in [0.25, 0.3) is 22.4 Å². The Morgan fingerprint density at radius 3 is 2.50 bits per heavy atom. The molecule has 1 saturated heterocycles. The lowest BCUT2D eigenvalue weighted by molar-refractivity contribution is -0.137. The van der Waals surface area contributed by atoms with Crippen molar-refractivity contribution in [2.45, 2.75) is 45.1 Å². The van der Waals surface area contributed by atoms with Crippen molar-refractivity contribution in [2.24, 2.45) is 0 Å². The van der Waals surface area contributed by atoms with Crippen LogP contribution in [0.2, 0.25) is 0 Å². The SMILES string of the molecule is CC(C)(C)c1nc2ccccc2n1C1CN(C(=O)CCc2nc(-c3ccccc3)no2)C1. The molecule has 1 aliphatic heterocycles. The molecule has 0 saturated carbocycles. The van der Waals surface area contributed by atoms with E-state index in [0.29, 0.717) is 37.6 Å². The van der Waals surface area contributed by atoms with E-state index in [1.807, 2.05) is 47.4 Å². The number of fused-ring (bicyclic) bond motifs is 1. The maximum Gasteiger partial charge on any atom is 0.227 e. The van der Waals surface area contributed by atoms with E-state index in [-0.39, 0.29) is 17.4 Å². The Balaban J connectivity index is 1.23. The van der Waals surface area contributed by atoms with E-state index in [4.69, 9.17) is 9.51 Å². The molecule has 2 aromatic carbocycles. The standard InChI is InChI=1S/C25H27N5O2/c1-25(2,3)24-26-19-11-7-8-12-20(19)30(24)18-15-29(16-18)22(31)14-13-21-27-23(28-32-21)17-9-5-4-6-10-17/h4-12,18H,13-16H2,1-3H3. The van der Waals surface area contributed by atoms with Gasteiger partial charge in [0.1, 0.15) is 5.82 Å². The summed E-state index contributed by atoms with van der Waals surface area (Å²) in [6, 6.07) is 18.2. The molecule has 5 rings (SSSR count). The fraction of sp³-hybridized carbons (Fsp3) is 0.360. The molecule has 0 spiro atoms. The van der Waals surface area contributed by atoms with E-state index in [0.717, 1.165) is 22.4 Å². The maximum absolute atomic E-state index is 12.7. The fourth-order valence-electron chi connectivity index (χ4n) is 4.20. The number of carbonyl (C=O) groups excluding carboxylic acids is 1. The van der Waals surface area contributed by atoms with Gasteiger partial charge in [0.15, 0.2) is 0 Å². The topological polar surface area (TPSA) is 77.1 Å². The third-order valence-corrected chi connectivity index (χ3v) is 5.90. The van der Waals surface area contributed by atoms with Crippen LogP contribution in [0.15, 0.2) is 59.1 Å². The number of hydrogen-bond acceptors (Lipinski definition) is 5. The Kier molecular flexibility index (Phi) is 5.04. The van der Waals surface area contributed by atoms with Crippen molar-refractivity contribution in [1.82, 2.24) is 24.6 Å². The van der Waals surface area contributed by atoms with Crippen molar-refractivity contribution >= 4 is 16.9 Å². The summed E-state index contributed by atoms with van der Waals surface area (Å²) in [4.78, 5) is 24.0. The summed E-state index contributed by atoms with van der Waals surface area (Å²) >= 11 is 0.